The fourth-order valence-corrected chi connectivity index (χ4v) is 3.27. The average molecular weight is 363 g/mol. The summed E-state index contributed by atoms with van der Waals surface area (Å²) in [6.45, 7) is 2.00. The van der Waals surface area contributed by atoms with Crippen molar-refractivity contribution in [1.29, 1.82) is 5.26 Å². The predicted molar refractivity (Wildman–Crippen MR) is 101 cm³/mol. The number of esters is 1. The molecule has 2 aromatic rings. The molecule has 1 aliphatic heterocycles. The maximum Gasteiger partial charge on any atom is 0.307 e. The van der Waals surface area contributed by atoms with E-state index < -0.39 is 12.0 Å². The Labute approximate surface area is 158 Å². The number of hydrogen-bond donors (Lipinski definition) is 2. The molecule has 3 rings (SSSR count). The fraction of sp³-hybridized carbons (Fsp3) is 0.286. The van der Waals surface area contributed by atoms with Gasteiger partial charge in [0, 0.05) is 12.1 Å². The van der Waals surface area contributed by atoms with E-state index in [-0.39, 0.29) is 18.4 Å². The van der Waals surface area contributed by atoms with Crippen molar-refractivity contribution in [2.45, 2.75) is 31.8 Å². The van der Waals surface area contributed by atoms with Gasteiger partial charge in [0.2, 0.25) is 5.91 Å². The second-order valence-electron chi connectivity index (χ2n) is 6.59. The van der Waals surface area contributed by atoms with Crippen LogP contribution in [-0.2, 0) is 20.7 Å². The van der Waals surface area contributed by atoms with E-state index in [1.54, 1.807) is 24.3 Å². The van der Waals surface area contributed by atoms with E-state index in [9.17, 15) is 9.59 Å². The first kappa shape index (κ1) is 18.5. The lowest BCUT2D eigenvalue weighted by molar-refractivity contribution is -0.141. The number of nitrogens with one attached hydrogen (secondary N) is 2. The first-order valence-corrected chi connectivity index (χ1v) is 8.74. The Morgan fingerprint density at radius 2 is 2.04 bits per heavy atom. The number of fused-ring (bicyclic) bond motifs is 1. The number of methoxy groups -OCH3 is 1. The number of para-hydroxylation sites is 1. The van der Waals surface area contributed by atoms with E-state index in [2.05, 4.69) is 16.7 Å². The normalized spacial score (nSPS) is 15.8. The molecule has 2 atom stereocenters. The molecule has 1 unspecified atom stereocenters. The number of aryl methyl sites for hydroxylation is 1. The van der Waals surface area contributed by atoms with Crippen LogP contribution in [0, 0.1) is 18.3 Å². The molecule has 0 aliphatic carbocycles. The highest BCUT2D eigenvalue weighted by atomic mass is 16.5. The fourth-order valence-electron chi connectivity index (χ4n) is 3.27. The van der Waals surface area contributed by atoms with Gasteiger partial charge in [0.25, 0.3) is 0 Å². The molecule has 27 heavy (non-hydrogen) atoms. The third-order valence-electron chi connectivity index (χ3n) is 4.78. The summed E-state index contributed by atoms with van der Waals surface area (Å²) in [6, 6.07) is 14.0. The highest BCUT2D eigenvalue weighted by molar-refractivity contribution is 5.88. The zero-order valence-corrected chi connectivity index (χ0v) is 15.3. The van der Waals surface area contributed by atoms with Crippen molar-refractivity contribution in [1.82, 2.24) is 5.32 Å². The molecule has 1 aliphatic rings. The third kappa shape index (κ3) is 4.09. The van der Waals surface area contributed by atoms with Gasteiger partial charge in [-0.2, -0.15) is 5.26 Å². The van der Waals surface area contributed by atoms with Gasteiger partial charge in [-0.05, 0) is 35.7 Å². The number of hydrogen-bond acceptors (Lipinski definition) is 5. The molecule has 6 nitrogen and oxygen atoms in total. The highest BCUT2D eigenvalue weighted by Gasteiger charge is 2.30. The monoisotopic (exact) mass is 363 g/mol. The second kappa shape index (κ2) is 7.92. The number of benzene rings is 2. The highest BCUT2D eigenvalue weighted by Crippen LogP contribution is 2.29. The van der Waals surface area contributed by atoms with Crippen LogP contribution in [0.5, 0.6) is 0 Å². The van der Waals surface area contributed by atoms with Crippen LogP contribution in [0.2, 0.25) is 0 Å². The van der Waals surface area contributed by atoms with Crippen molar-refractivity contribution in [2.24, 2.45) is 0 Å². The third-order valence-corrected chi connectivity index (χ3v) is 4.78. The number of amides is 1. The molecule has 2 aromatic carbocycles. The molecule has 6 heteroatoms. The lowest BCUT2D eigenvalue weighted by Gasteiger charge is -2.21. The van der Waals surface area contributed by atoms with Crippen molar-refractivity contribution in [3.05, 3.63) is 64.7 Å². The second-order valence-corrected chi connectivity index (χ2v) is 6.59. The van der Waals surface area contributed by atoms with E-state index >= 15 is 0 Å². The van der Waals surface area contributed by atoms with E-state index in [4.69, 9.17) is 10.00 Å². The molecule has 1 heterocycles. The minimum atomic E-state index is -0.524. The largest absolute Gasteiger partial charge is 0.469 e. The average Bonchev–Trinajstić information content (AvgIpc) is 3.13. The van der Waals surface area contributed by atoms with Crippen LogP contribution in [0.15, 0.2) is 42.5 Å². The molecular formula is C21H21N3O3. The first-order chi connectivity index (χ1) is 13.0. The van der Waals surface area contributed by atoms with Crippen LogP contribution in [0.3, 0.4) is 0 Å². The summed E-state index contributed by atoms with van der Waals surface area (Å²) >= 11 is 0. The zero-order valence-electron chi connectivity index (χ0n) is 15.3. The Balaban J connectivity index is 1.75. The van der Waals surface area contributed by atoms with Crippen molar-refractivity contribution in [3.63, 3.8) is 0 Å². The lowest BCUT2D eigenvalue weighted by atomic mass is 10.0. The van der Waals surface area contributed by atoms with Gasteiger partial charge >= 0.3 is 5.97 Å². The summed E-state index contributed by atoms with van der Waals surface area (Å²) in [5.74, 6) is -0.591. The van der Waals surface area contributed by atoms with Crippen LogP contribution in [-0.4, -0.2) is 25.0 Å². The van der Waals surface area contributed by atoms with Gasteiger partial charge in [-0.25, -0.2) is 0 Å². The maximum absolute atomic E-state index is 12.8. The summed E-state index contributed by atoms with van der Waals surface area (Å²) < 4.78 is 4.76. The molecule has 0 spiro atoms. The topological polar surface area (TPSA) is 91.2 Å². The first-order valence-electron chi connectivity index (χ1n) is 8.74. The molecule has 0 bridgehead atoms. The maximum atomic E-state index is 12.8. The van der Waals surface area contributed by atoms with Gasteiger partial charge < -0.3 is 15.4 Å². The van der Waals surface area contributed by atoms with Crippen LogP contribution >= 0.6 is 0 Å². The van der Waals surface area contributed by atoms with E-state index in [1.165, 1.54) is 7.11 Å². The standard InChI is InChI=1S/C21H21N3O3/c1-13-4-3-5-16-10-18(23-20(13)16)21(26)24-17(11-19(25)27-2)15-8-6-14(12-22)7-9-15/h3-9,17-18,23H,10-11H2,1-2H3,(H,24,26)/t17-,18?/m1/s1. The Morgan fingerprint density at radius 1 is 1.30 bits per heavy atom. The van der Waals surface area contributed by atoms with Gasteiger partial charge in [-0.1, -0.05) is 30.3 Å². The molecule has 0 saturated heterocycles. The Hall–Kier alpha value is -3.33. The number of rotatable bonds is 5. The van der Waals surface area contributed by atoms with E-state index in [0.717, 1.165) is 22.4 Å². The Bertz CT molecular complexity index is 900. The SMILES string of the molecule is COC(=O)C[C@@H](NC(=O)C1Cc2cccc(C)c2N1)c1ccc(C#N)cc1. The molecule has 1 amide bonds. The molecule has 138 valence electrons. The minimum absolute atomic E-state index is 0.0207. The Morgan fingerprint density at radius 3 is 2.67 bits per heavy atom. The van der Waals surface area contributed by atoms with Gasteiger partial charge in [0.05, 0.1) is 31.2 Å². The number of nitrogens with zero attached hydrogens (tertiary/aromatic N) is 1. The number of carbonyl (C=O) groups is 2. The van der Waals surface area contributed by atoms with Gasteiger partial charge in [0.1, 0.15) is 6.04 Å². The van der Waals surface area contributed by atoms with Gasteiger partial charge in [-0.15, -0.1) is 0 Å². The van der Waals surface area contributed by atoms with Crippen molar-refractivity contribution >= 4 is 17.6 Å². The van der Waals surface area contributed by atoms with Crippen molar-refractivity contribution in [2.75, 3.05) is 12.4 Å². The van der Waals surface area contributed by atoms with Crippen molar-refractivity contribution in [3.8, 4) is 6.07 Å². The predicted octanol–water partition coefficient (Wildman–Crippen LogP) is 2.62. The molecule has 0 fully saturated rings. The summed E-state index contributed by atoms with van der Waals surface area (Å²) in [7, 11) is 1.32. The van der Waals surface area contributed by atoms with Gasteiger partial charge in [0.15, 0.2) is 0 Å². The van der Waals surface area contributed by atoms with Crippen LogP contribution in [0.25, 0.3) is 0 Å². The summed E-state index contributed by atoms with van der Waals surface area (Å²) in [6.07, 6.45) is 0.619. The Kier molecular flexibility index (Phi) is 5.41. The smallest absolute Gasteiger partial charge is 0.307 e. The molecular weight excluding hydrogens is 342 g/mol. The summed E-state index contributed by atoms with van der Waals surface area (Å²) in [4.78, 5) is 24.6. The van der Waals surface area contributed by atoms with Gasteiger partial charge in [-0.3, -0.25) is 9.59 Å². The summed E-state index contributed by atoms with van der Waals surface area (Å²) in [5.41, 5.74) is 4.48. The quantitative estimate of drug-likeness (QED) is 0.797. The van der Waals surface area contributed by atoms with Crippen LogP contribution in [0.4, 0.5) is 5.69 Å². The van der Waals surface area contributed by atoms with Crippen LogP contribution in [0.1, 0.15) is 34.7 Å². The number of ether oxygens (including phenoxy) is 1. The molecule has 2 N–H and O–H groups in total. The zero-order chi connectivity index (χ0) is 19.4. The summed E-state index contributed by atoms with van der Waals surface area (Å²) in [5, 5.41) is 15.2. The number of carbonyl (C=O) groups excluding carboxylic acids is 2. The molecule has 0 saturated carbocycles. The number of anilines is 1. The van der Waals surface area contributed by atoms with Crippen molar-refractivity contribution < 1.29 is 14.3 Å². The minimum Gasteiger partial charge on any atom is -0.469 e. The van der Waals surface area contributed by atoms with E-state index in [0.29, 0.717) is 12.0 Å². The van der Waals surface area contributed by atoms with E-state index in [1.807, 2.05) is 25.1 Å². The van der Waals surface area contributed by atoms with Crippen LogP contribution < -0.4 is 10.6 Å². The molecule has 0 aromatic heterocycles. The molecule has 0 radical (unpaired) electrons. The lowest BCUT2D eigenvalue weighted by Crippen LogP contribution is -2.41. The number of nitriles is 1.